The van der Waals surface area contributed by atoms with E-state index in [1.807, 2.05) is 0 Å². The Labute approximate surface area is 98.9 Å². The zero-order valence-electron chi connectivity index (χ0n) is 12.4. The normalized spacial score (nSPS) is 15.6. The first-order chi connectivity index (χ1) is 6.31. The molecule has 0 aliphatic carbocycles. The molecule has 1 heteroatoms. The van der Waals surface area contributed by atoms with Gasteiger partial charge >= 0.3 is 0 Å². The van der Waals surface area contributed by atoms with Gasteiger partial charge in [0.25, 0.3) is 0 Å². The molecule has 1 radical (unpaired) electrons. The van der Waals surface area contributed by atoms with Gasteiger partial charge in [-0.05, 0) is 15.1 Å². The van der Waals surface area contributed by atoms with Crippen molar-refractivity contribution in [3.05, 3.63) is 6.92 Å². The maximum absolute atomic E-state index is 4.32. The lowest BCUT2D eigenvalue weighted by molar-refractivity contribution is 0.532. The summed E-state index contributed by atoms with van der Waals surface area (Å²) in [6.45, 7) is 26.1. The maximum Gasteiger partial charge on any atom is 0.0697 e. The molecule has 0 atom stereocenters. The van der Waals surface area contributed by atoms with Crippen LogP contribution >= 0.6 is 0 Å². The fourth-order valence-electron chi connectivity index (χ4n) is 4.50. The van der Waals surface area contributed by atoms with Crippen molar-refractivity contribution in [3.63, 3.8) is 0 Å². The summed E-state index contributed by atoms with van der Waals surface area (Å²) in [4.78, 5) is 0. The fraction of sp³-hybridized carbons (Fsp3) is 0.929. The van der Waals surface area contributed by atoms with Gasteiger partial charge in [0.1, 0.15) is 0 Å². The van der Waals surface area contributed by atoms with Crippen molar-refractivity contribution in [1.82, 2.24) is 0 Å². The third-order valence-corrected chi connectivity index (χ3v) is 12.6. The Bertz CT molecular complexity index is 171. The van der Waals surface area contributed by atoms with E-state index in [1.165, 1.54) is 0 Å². The van der Waals surface area contributed by atoms with E-state index in [1.54, 1.807) is 0 Å². The Hall–Kier alpha value is 0.217. The van der Waals surface area contributed by atoms with Gasteiger partial charge in [-0.25, -0.2) is 0 Å². The largest absolute Gasteiger partial charge is 0.0697 e. The third-order valence-electron chi connectivity index (χ3n) is 4.22. The van der Waals surface area contributed by atoms with Crippen molar-refractivity contribution in [2.75, 3.05) is 0 Å². The lowest BCUT2D eigenvalue weighted by Crippen LogP contribution is -2.57. The Morgan fingerprint density at radius 3 is 0.867 bits per heavy atom. The molecule has 0 fully saturated rings. The summed E-state index contributed by atoms with van der Waals surface area (Å²) in [6, 6.07) is 1.13. The second-order valence-corrected chi connectivity index (χ2v) is 14.7. The quantitative estimate of drug-likeness (QED) is 0.506. The Morgan fingerprint density at radius 1 is 0.667 bits per heavy atom. The van der Waals surface area contributed by atoms with E-state index >= 15 is 0 Å². The van der Waals surface area contributed by atoms with E-state index in [4.69, 9.17) is 0 Å². The van der Waals surface area contributed by atoms with E-state index in [-0.39, 0.29) is 0 Å². The van der Waals surface area contributed by atoms with Crippen LogP contribution in [0, 0.1) is 6.92 Å². The second kappa shape index (κ2) is 3.91. The summed E-state index contributed by atoms with van der Waals surface area (Å²) in [7, 11) is -1.49. The van der Waals surface area contributed by atoms with Gasteiger partial charge in [0.2, 0.25) is 0 Å². The summed E-state index contributed by atoms with van der Waals surface area (Å²) < 4.78 is 0. The summed E-state index contributed by atoms with van der Waals surface area (Å²) in [5, 5.41) is 1.22. The molecule has 0 aromatic heterocycles. The smallest absolute Gasteiger partial charge is 0.0625 e. The van der Waals surface area contributed by atoms with E-state index in [9.17, 15) is 0 Å². The molecule has 91 valence electrons. The van der Waals surface area contributed by atoms with Gasteiger partial charge in [-0.1, -0.05) is 75.3 Å². The van der Waals surface area contributed by atoms with Crippen molar-refractivity contribution in [1.29, 1.82) is 0 Å². The Balaban J connectivity index is 5.78. The summed E-state index contributed by atoms with van der Waals surface area (Å²) in [6.07, 6.45) is 0. The summed E-state index contributed by atoms with van der Waals surface area (Å²) in [5.74, 6) is 0. The SMILES string of the molecule is [CH2]C[Si](C(C)(C)C)(C(C)(C)C)C(C)(C)C. The highest BCUT2D eigenvalue weighted by atomic mass is 28.3. The average molecular weight is 227 g/mol. The van der Waals surface area contributed by atoms with Crippen LogP contribution in [0.3, 0.4) is 0 Å². The molecular weight excluding hydrogens is 196 g/mol. The number of rotatable bonds is 1. The maximum atomic E-state index is 4.32. The zero-order chi connectivity index (χ0) is 12.7. The van der Waals surface area contributed by atoms with Crippen LogP contribution in [0.25, 0.3) is 0 Å². The Morgan fingerprint density at radius 2 is 0.867 bits per heavy atom. The minimum Gasteiger partial charge on any atom is -0.0625 e. The van der Waals surface area contributed by atoms with Gasteiger partial charge in [-0.3, -0.25) is 0 Å². The molecule has 0 aromatic rings. The first kappa shape index (κ1) is 15.2. The van der Waals surface area contributed by atoms with Gasteiger partial charge in [-0.15, -0.1) is 0 Å². The molecule has 15 heavy (non-hydrogen) atoms. The van der Waals surface area contributed by atoms with Crippen molar-refractivity contribution in [2.24, 2.45) is 0 Å². The zero-order valence-corrected chi connectivity index (χ0v) is 13.4. The molecule has 0 spiro atoms. The van der Waals surface area contributed by atoms with Crippen LogP contribution in [0.5, 0.6) is 0 Å². The van der Waals surface area contributed by atoms with Gasteiger partial charge in [0, 0.05) is 0 Å². The first-order valence-electron chi connectivity index (χ1n) is 6.10. The van der Waals surface area contributed by atoms with Gasteiger partial charge in [-0.2, -0.15) is 0 Å². The lowest BCUT2D eigenvalue weighted by atomic mass is 10.2. The molecule has 0 unspecified atom stereocenters. The molecule has 0 heterocycles. The van der Waals surface area contributed by atoms with Gasteiger partial charge in [0.05, 0.1) is 8.07 Å². The third kappa shape index (κ3) is 2.32. The van der Waals surface area contributed by atoms with Crippen molar-refractivity contribution >= 4 is 8.07 Å². The van der Waals surface area contributed by atoms with Crippen LogP contribution in [-0.2, 0) is 0 Å². The molecule has 0 N–H and O–H groups in total. The van der Waals surface area contributed by atoms with Crippen LogP contribution in [0.2, 0.25) is 21.2 Å². The minimum atomic E-state index is -1.49. The highest BCUT2D eigenvalue weighted by molar-refractivity contribution is 6.87. The molecule has 0 bridgehead atoms. The van der Waals surface area contributed by atoms with Crippen LogP contribution < -0.4 is 0 Å². The van der Waals surface area contributed by atoms with E-state index < -0.39 is 8.07 Å². The first-order valence-corrected chi connectivity index (χ1v) is 8.31. The van der Waals surface area contributed by atoms with E-state index in [0.29, 0.717) is 15.1 Å². The lowest BCUT2D eigenvalue weighted by Gasteiger charge is -2.59. The van der Waals surface area contributed by atoms with Crippen LogP contribution in [0.1, 0.15) is 62.3 Å². The van der Waals surface area contributed by atoms with Gasteiger partial charge in [0.15, 0.2) is 0 Å². The molecule has 0 nitrogen and oxygen atoms in total. The van der Waals surface area contributed by atoms with Crippen LogP contribution in [-0.4, -0.2) is 8.07 Å². The van der Waals surface area contributed by atoms with Crippen molar-refractivity contribution in [2.45, 2.75) is 83.5 Å². The van der Waals surface area contributed by atoms with E-state index in [2.05, 4.69) is 69.2 Å². The summed E-state index contributed by atoms with van der Waals surface area (Å²) in [5.41, 5.74) is 0. The molecule has 0 rings (SSSR count). The molecule has 0 saturated heterocycles. The fourth-order valence-corrected chi connectivity index (χ4v) is 13.5. The molecular formula is C14H31Si. The van der Waals surface area contributed by atoms with E-state index in [0.717, 1.165) is 6.04 Å². The Kier molecular flexibility index (Phi) is 3.96. The van der Waals surface area contributed by atoms with Gasteiger partial charge < -0.3 is 0 Å². The standard InChI is InChI=1S/C14H31Si/c1-11-15(12(2,3)4,13(5,6)7)14(8,9)10/h1,11H2,2-10H3. The second-order valence-electron chi connectivity index (χ2n) is 7.91. The molecule has 0 aromatic carbocycles. The monoisotopic (exact) mass is 227 g/mol. The number of hydrogen-bond donors (Lipinski definition) is 0. The molecule has 0 saturated carbocycles. The highest BCUT2D eigenvalue weighted by Crippen LogP contribution is 2.63. The minimum absolute atomic E-state index is 0.408. The average Bonchev–Trinajstić information content (AvgIpc) is 1.76. The predicted molar refractivity (Wildman–Crippen MR) is 75.1 cm³/mol. The topological polar surface area (TPSA) is 0 Å². The predicted octanol–water partition coefficient (Wildman–Crippen LogP) is 5.67. The molecule has 0 amide bonds. The molecule has 0 aliphatic rings. The highest BCUT2D eigenvalue weighted by Gasteiger charge is 2.57. The van der Waals surface area contributed by atoms with Crippen LogP contribution in [0.4, 0.5) is 0 Å². The number of hydrogen-bond acceptors (Lipinski definition) is 0. The van der Waals surface area contributed by atoms with Crippen molar-refractivity contribution in [3.8, 4) is 0 Å². The molecule has 0 aliphatic heterocycles. The van der Waals surface area contributed by atoms with Crippen LogP contribution in [0.15, 0.2) is 0 Å². The summed E-state index contributed by atoms with van der Waals surface area (Å²) >= 11 is 0. The van der Waals surface area contributed by atoms with Crippen molar-refractivity contribution < 1.29 is 0 Å².